The Hall–Kier alpha value is -0.810. The van der Waals surface area contributed by atoms with E-state index in [-0.39, 0.29) is 17.5 Å². The lowest BCUT2D eigenvalue weighted by atomic mass is 9.43. The van der Waals surface area contributed by atoms with Gasteiger partial charge >= 0.3 is 5.97 Å². The summed E-state index contributed by atoms with van der Waals surface area (Å²) >= 11 is 0. The molecule has 0 saturated heterocycles. The van der Waals surface area contributed by atoms with Crippen LogP contribution in [0.1, 0.15) is 85.0 Å². The maximum absolute atomic E-state index is 11.8. The van der Waals surface area contributed by atoms with E-state index in [0.29, 0.717) is 48.1 Å². The third kappa shape index (κ3) is 8.55. The summed E-state index contributed by atoms with van der Waals surface area (Å²) < 4.78 is 4.92. The van der Waals surface area contributed by atoms with Crippen LogP contribution in [0.4, 0.5) is 0 Å². The Kier molecular flexibility index (Phi) is 14.2. The molecule has 4 unspecified atom stereocenters. The fourth-order valence-electron chi connectivity index (χ4n) is 10.5. The summed E-state index contributed by atoms with van der Waals surface area (Å²) in [6, 6.07) is 0.625. The van der Waals surface area contributed by atoms with Crippen LogP contribution in [0.25, 0.3) is 0 Å². The number of nitrogens with one attached hydrogen (secondary N) is 5. The molecule has 4 fully saturated rings. The molecule has 0 aromatic carbocycles. The summed E-state index contributed by atoms with van der Waals surface area (Å²) in [6.45, 7) is 16.9. The molecule has 0 bridgehead atoms. The van der Waals surface area contributed by atoms with Crippen molar-refractivity contribution in [3.8, 4) is 0 Å². The van der Waals surface area contributed by atoms with Gasteiger partial charge in [-0.25, -0.2) is 0 Å². The molecule has 9 nitrogen and oxygen atoms in total. The second kappa shape index (κ2) is 17.4. The van der Waals surface area contributed by atoms with Crippen molar-refractivity contribution < 1.29 is 14.6 Å². The zero-order chi connectivity index (χ0) is 31.6. The average molecular weight is 621 g/mol. The van der Waals surface area contributed by atoms with Gasteiger partial charge in [0, 0.05) is 77.9 Å². The topological polar surface area (TPSA) is 133 Å². The summed E-state index contributed by atoms with van der Waals surface area (Å²) in [4.78, 5) is 11.8. The summed E-state index contributed by atoms with van der Waals surface area (Å²) in [5.41, 5.74) is 5.82. The van der Waals surface area contributed by atoms with Gasteiger partial charge in [-0.05, 0) is 104 Å². The number of rotatable bonds is 19. The minimum Gasteiger partial charge on any atom is -0.469 e. The van der Waals surface area contributed by atoms with Gasteiger partial charge in [-0.3, -0.25) is 4.79 Å². The first-order valence-electron chi connectivity index (χ1n) is 18.3. The molecule has 4 rings (SSSR count). The molecule has 0 amide bonds. The van der Waals surface area contributed by atoms with Crippen LogP contribution < -0.4 is 32.3 Å². The van der Waals surface area contributed by atoms with Crippen molar-refractivity contribution >= 4 is 5.97 Å². The minimum absolute atomic E-state index is 0.0137. The number of esters is 1. The summed E-state index contributed by atoms with van der Waals surface area (Å²) in [6.07, 6.45) is 11.1. The summed E-state index contributed by atoms with van der Waals surface area (Å²) in [5, 5.41) is 29.6. The molecular formula is C35H68N6O3. The molecule has 8 N–H and O–H groups in total. The molecule has 4 saturated carbocycles. The van der Waals surface area contributed by atoms with E-state index in [9.17, 15) is 9.90 Å². The molecule has 10 atom stereocenters. The molecular weight excluding hydrogens is 552 g/mol. The van der Waals surface area contributed by atoms with Crippen molar-refractivity contribution in [2.45, 2.75) is 97.1 Å². The minimum atomic E-state index is -0.228. The van der Waals surface area contributed by atoms with Crippen LogP contribution in [-0.4, -0.2) is 95.8 Å². The summed E-state index contributed by atoms with van der Waals surface area (Å²) in [5.74, 6) is 3.62. The molecule has 0 radical (unpaired) electrons. The highest BCUT2D eigenvalue weighted by atomic mass is 16.5. The first-order valence-corrected chi connectivity index (χ1v) is 18.3. The second-order valence-corrected chi connectivity index (χ2v) is 15.3. The van der Waals surface area contributed by atoms with Crippen molar-refractivity contribution in [1.29, 1.82) is 0 Å². The number of carbonyl (C=O) groups excluding carboxylic acids is 1. The van der Waals surface area contributed by atoms with Gasteiger partial charge in [0.25, 0.3) is 0 Å². The largest absolute Gasteiger partial charge is 0.469 e. The van der Waals surface area contributed by atoms with E-state index in [4.69, 9.17) is 10.5 Å². The number of nitrogens with two attached hydrogens (primary N) is 1. The van der Waals surface area contributed by atoms with Gasteiger partial charge in [-0.1, -0.05) is 20.8 Å². The van der Waals surface area contributed by atoms with E-state index < -0.39 is 0 Å². The second-order valence-electron chi connectivity index (χ2n) is 15.3. The smallest absolute Gasteiger partial charge is 0.305 e. The SMILES string of the molecule is COC(=O)CC[C@@H](C)[C@H]1CCC2C3CCC4C[C@@H](NCCNCCNCCNCCNCCN)CC[C@]4(C)C3C[C@H](O)[C@@]21C. The number of hydrogen-bond acceptors (Lipinski definition) is 9. The molecule has 0 spiro atoms. The fourth-order valence-corrected chi connectivity index (χ4v) is 10.5. The van der Waals surface area contributed by atoms with Crippen molar-refractivity contribution in [2.24, 2.45) is 52.1 Å². The fraction of sp³-hybridized carbons (Fsp3) is 0.971. The number of ether oxygens (including phenoxy) is 1. The Morgan fingerprint density at radius 3 is 2.14 bits per heavy atom. The maximum atomic E-state index is 11.8. The number of aliphatic hydroxyl groups excluding tert-OH is 1. The van der Waals surface area contributed by atoms with Crippen LogP contribution in [0.2, 0.25) is 0 Å². The Morgan fingerprint density at radius 2 is 1.50 bits per heavy atom. The predicted molar refractivity (Wildman–Crippen MR) is 179 cm³/mol. The van der Waals surface area contributed by atoms with Gasteiger partial charge in [0.15, 0.2) is 0 Å². The molecule has 44 heavy (non-hydrogen) atoms. The lowest BCUT2D eigenvalue weighted by Crippen LogP contribution is -2.59. The molecule has 0 aliphatic heterocycles. The van der Waals surface area contributed by atoms with Gasteiger partial charge in [0.1, 0.15) is 0 Å². The number of fused-ring (bicyclic) bond motifs is 5. The number of hydrogen-bond donors (Lipinski definition) is 7. The van der Waals surface area contributed by atoms with E-state index in [0.717, 1.165) is 83.6 Å². The average Bonchev–Trinajstić information content (AvgIpc) is 3.39. The highest BCUT2D eigenvalue weighted by Crippen LogP contribution is 2.68. The molecule has 0 aromatic rings. The molecule has 4 aliphatic rings. The van der Waals surface area contributed by atoms with Gasteiger partial charge in [-0.2, -0.15) is 0 Å². The first-order chi connectivity index (χ1) is 21.3. The highest BCUT2D eigenvalue weighted by Gasteiger charge is 2.63. The molecule has 256 valence electrons. The van der Waals surface area contributed by atoms with Crippen molar-refractivity contribution in [3.63, 3.8) is 0 Å². The Morgan fingerprint density at radius 1 is 0.864 bits per heavy atom. The van der Waals surface area contributed by atoms with Crippen LogP contribution >= 0.6 is 0 Å². The van der Waals surface area contributed by atoms with E-state index in [1.807, 2.05) is 0 Å². The molecule has 0 aromatic heterocycles. The van der Waals surface area contributed by atoms with Crippen LogP contribution in [-0.2, 0) is 9.53 Å². The van der Waals surface area contributed by atoms with E-state index >= 15 is 0 Å². The number of carbonyl (C=O) groups is 1. The van der Waals surface area contributed by atoms with Gasteiger partial charge in [0.05, 0.1) is 13.2 Å². The Labute approximate surface area is 268 Å². The van der Waals surface area contributed by atoms with Crippen LogP contribution in [0.15, 0.2) is 0 Å². The zero-order valence-electron chi connectivity index (χ0n) is 28.6. The highest BCUT2D eigenvalue weighted by molar-refractivity contribution is 5.69. The molecule has 4 aliphatic carbocycles. The third-order valence-corrected chi connectivity index (χ3v) is 13.1. The Balaban J connectivity index is 1.15. The van der Waals surface area contributed by atoms with Gasteiger partial charge in [-0.15, -0.1) is 0 Å². The standard InChI is InChI=1S/C35H68N6O3/c1-25(5-10-33(43)44-4)29-8-9-30-28-7-6-26-23-27(11-12-34(26,2)31(28)24-32(42)35(29,30)3)41-22-21-40-20-19-39-18-17-38-16-15-37-14-13-36/h25-32,37-42H,5-24,36H2,1-4H3/t25-,26?,27+,28?,29-,30?,31?,32+,34+,35-/m1/s1. The van der Waals surface area contributed by atoms with Gasteiger partial charge in [0.2, 0.25) is 0 Å². The normalized spacial score (nSPS) is 37.2. The van der Waals surface area contributed by atoms with Gasteiger partial charge < -0.3 is 42.2 Å². The third-order valence-electron chi connectivity index (χ3n) is 13.1. The quantitative estimate of drug-likeness (QED) is 0.0860. The zero-order valence-corrected chi connectivity index (χ0v) is 28.6. The first kappa shape index (κ1) is 36.0. The molecule has 0 heterocycles. The molecule has 9 heteroatoms. The van der Waals surface area contributed by atoms with Crippen molar-refractivity contribution in [3.05, 3.63) is 0 Å². The predicted octanol–water partition coefficient (Wildman–Crippen LogP) is 2.48. The number of aliphatic hydroxyl groups is 1. The van der Waals surface area contributed by atoms with E-state index in [1.54, 1.807) is 0 Å². The lowest BCUT2D eigenvalue weighted by molar-refractivity contribution is -0.170. The van der Waals surface area contributed by atoms with Crippen LogP contribution in [0, 0.1) is 46.3 Å². The van der Waals surface area contributed by atoms with Crippen molar-refractivity contribution in [1.82, 2.24) is 26.6 Å². The monoisotopic (exact) mass is 621 g/mol. The maximum Gasteiger partial charge on any atom is 0.305 e. The van der Waals surface area contributed by atoms with Crippen LogP contribution in [0.3, 0.4) is 0 Å². The van der Waals surface area contributed by atoms with E-state index in [2.05, 4.69) is 47.4 Å². The van der Waals surface area contributed by atoms with Crippen LogP contribution in [0.5, 0.6) is 0 Å². The number of methoxy groups -OCH3 is 1. The van der Waals surface area contributed by atoms with E-state index in [1.165, 1.54) is 52.1 Å². The Bertz CT molecular complexity index is 864. The van der Waals surface area contributed by atoms with Crippen molar-refractivity contribution in [2.75, 3.05) is 72.6 Å². The lowest BCUT2D eigenvalue weighted by Gasteiger charge is -2.62. The summed E-state index contributed by atoms with van der Waals surface area (Å²) in [7, 11) is 1.48.